The third kappa shape index (κ3) is 3.56. The van der Waals surface area contributed by atoms with Gasteiger partial charge in [0.05, 0.1) is 16.6 Å². The van der Waals surface area contributed by atoms with Crippen LogP contribution in [0.3, 0.4) is 0 Å². The Hall–Kier alpha value is -3.90. The number of nitrogens with zero attached hydrogens (tertiary/aromatic N) is 1. The number of amides is 1. The molecule has 3 aromatic carbocycles. The molecule has 0 spiro atoms. The number of hydrogen-bond acceptors (Lipinski definition) is 4. The van der Waals surface area contributed by atoms with E-state index in [4.69, 9.17) is 16.0 Å². The van der Waals surface area contributed by atoms with E-state index in [1.807, 2.05) is 25.1 Å². The first-order valence-corrected chi connectivity index (χ1v) is 11.1. The molecule has 0 bridgehead atoms. The first-order valence-electron chi connectivity index (χ1n) is 10.7. The molecule has 170 valence electrons. The number of aryl methyl sites for hydroxylation is 1. The number of Topliss-reactive ketones (excluding diaryl/α,β-unsaturated/α-hetero) is 1. The zero-order valence-corrected chi connectivity index (χ0v) is 18.8. The van der Waals surface area contributed by atoms with Gasteiger partial charge in [-0.15, -0.1) is 0 Å². The number of aliphatic hydroxyl groups excluding tert-OH is 1. The van der Waals surface area contributed by atoms with E-state index < -0.39 is 29.3 Å². The highest BCUT2D eigenvalue weighted by Crippen LogP contribution is 2.43. The molecule has 5 nitrogen and oxygen atoms in total. The van der Waals surface area contributed by atoms with Gasteiger partial charge in [-0.05, 0) is 47.9 Å². The van der Waals surface area contributed by atoms with Crippen molar-refractivity contribution in [3.8, 4) is 0 Å². The summed E-state index contributed by atoms with van der Waals surface area (Å²) in [5, 5.41) is 11.4. The average molecular weight is 476 g/mol. The topological polar surface area (TPSA) is 70.7 Å². The third-order valence-corrected chi connectivity index (χ3v) is 6.28. The van der Waals surface area contributed by atoms with Crippen molar-refractivity contribution in [1.29, 1.82) is 0 Å². The zero-order chi connectivity index (χ0) is 24.0. The van der Waals surface area contributed by atoms with Gasteiger partial charge in [-0.2, -0.15) is 0 Å². The lowest BCUT2D eigenvalue weighted by atomic mass is 9.94. The highest BCUT2D eigenvalue weighted by atomic mass is 35.5. The first kappa shape index (κ1) is 21.9. The van der Waals surface area contributed by atoms with E-state index in [1.165, 1.54) is 17.0 Å². The number of fused-ring (bicyclic) bond motifs is 1. The van der Waals surface area contributed by atoms with Crippen molar-refractivity contribution in [3.63, 3.8) is 0 Å². The van der Waals surface area contributed by atoms with Crippen molar-refractivity contribution in [3.05, 3.63) is 112 Å². The molecule has 1 unspecified atom stereocenters. The van der Waals surface area contributed by atoms with Gasteiger partial charge in [0.15, 0.2) is 11.5 Å². The van der Waals surface area contributed by atoms with Gasteiger partial charge < -0.3 is 9.52 Å². The quantitative estimate of drug-likeness (QED) is 0.331. The van der Waals surface area contributed by atoms with Gasteiger partial charge in [-0.3, -0.25) is 14.5 Å². The fourth-order valence-electron chi connectivity index (χ4n) is 4.22. The Balaban J connectivity index is 1.66. The Labute approximate surface area is 199 Å². The van der Waals surface area contributed by atoms with Gasteiger partial charge in [0.2, 0.25) is 5.78 Å². The summed E-state index contributed by atoms with van der Waals surface area (Å²) in [7, 11) is 0. The number of halogens is 2. The second kappa shape index (κ2) is 8.47. The van der Waals surface area contributed by atoms with E-state index in [9.17, 15) is 19.1 Å². The van der Waals surface area contributed by atoms with Crippen LogP contribution in [0.15, 0.2) is 88.5 Å². The standard InChI is InChI=1S/C27H19ClFNO4/c1-2-15-7-9-16(10-8-15)24-23(25(31)22-13-17-5-3-4-6-21(17)34-22)26(32)27(33)30(24)18-11-12-20(29)19(28)14-18/h3-14,24,32H,2H2,1H3. The van der Waals surface area contributed by atoms with E-state index in [2.05, 4.69) is 0 Å². The molecule has 7 heteroatoms. The minimum atomic E-state index is -0.958. The van der Waals surface area contributed by atoms with Gasteiger partial charge in [0.1, 0.15) is 11.4 Å². The number of furan rings is 1. The van der Waals surface area contributed by atoms with E-state index in [0.717, 1.165) is 23.4 Å². The molecular formula is C27H19ClFNO4. The summed E-state index contributed by atoms with van der Waals surface area (Å²) in [4.78, 5) is 28.1. The van der Waals surface area contributed by atoms with E-state index >= 15 is 0 Å². The molecule has 1 N–H and O–H groups in total. The predicted molar refractivity (Wildman–Crippen MR) is 128 cm³/mol. The summed E-state index contributed by atoms with van der Waals surface area (Å²) >= 11 is 5.98. The number of carbonyl (C=O) groups excluding carboxylic acids is 2. The van der Waals surface area contributed by atoms with Crippen molar-refractivity contribution in [2.75, 3.05) is 4.90 Å². The molecule has 0 saturated carbocycles. The van der Waals surface area contributed by atoms with Crippen LogP contribution in [0.5, 0.6) is 0 Å². The molecule has 5 rings (SSSR count). The predicted octanol–water partition coefficient (Wildman–Crippen LogP) is 6.57. The smallest absolute Gasteiger partial charge is 0.294 e. The lowest BCUT2D eigenvalue weighted by molar-refractivity contribution is -0.117. The van der Waals surface area contributed by atoms with Crippen molar-refractivity contribution in [2.45, 2.75) is 19.4 Å². The highest BCUT2D eigenvalue weighted by molar-refractivity contribution is 6.31. The van der Waals surface area contributed by atoms with Crippen LogP contribution in [0, 0.1) is 5.82 Å². The van der Waals surface area contributed by atoms with Gasteiger partial charge in [-0.1, -0.05) is 61.0 Å². The van der Waals surface area contributed by atoms with Gasteiger partial charge >= 0.3 is 0 Å². The van der Waals surface area contributed by atoms with Crippen LogP contribution in [0.2, 0.25) is 5.02 Å². The van der Waals surface area contributed by atoms with Crippen LogP contribution in [0.25, 0.3) is 11.0 Å². The zero-order valence-electron chi connectivity index (χ0n) is 18.1. The summed E-state index contributed by atoms with van der Waals surface area (Å²) < 4.78 is 19.6. The van der Waals surface area contributed by atoms with Crippen LogP contribution in [0.1, 0.15) is 34.6 Å². The molecule has 0 fully saturated rings. The maximum atomic E-state index is 13.8. The van der Waals surface area contributed by atoms with E-state index in [0.29, 0.717) is 11.1 Å². The maximum Gasteiger partial charge on any atom is 0.294 e. The molecule has 0 saturated heterocycles. The minimum absolute atomic E-state index is 0.00437. The van der Waals surface area contributed by atoms with E-state index in [1.54, 1.807) is 36.4 Å². The Morgan fingerprint density at radius 2 is 1.82 bits per heavy atom. The molecule has 4 aromatic rings. The van der Waals surface area contributed by atoms with Crippen LogP contribution in [-0.2, 0) is 11.2 Å². The number of aliphatic hydroxyl groups is 1. The molecule has 1 amide bonds. The first-order chi connectivity index (χ1) is 16.4. The Morgan fingerprint density at radius 3 is 2.50 bits per heavy atom. The molecule has 0 radical (unpaired) electrons. The summed E-state index contributed by atoms with van der Waals surface area (Å²) in [5.74, 6) is -2.72. The molecule has 34 heavy (non-hydrogen) atoms. The highest BCUT2D eigenvalue weighted by Gasteiger charge is 2.45. The number of hydrogen-bond donors (Lipinski definition) is 1. The summed E-state index contributed by atoms with van der Waals surface area (Å²) in [5.41, 5.74) is 2.33. The molecule has 1 aromatic heterocycles. The molecule has 0 aliphatic carbocycles. The van der Waals surface area contributed by atoms with Crippen LogP contribution < -0.4 is 4.90 Å². The Morgan fingerprint density at radius 1 is 1.09 bits per heavy atom. The molecule has 1 atom stereocenters. The number of rotatable bonds is 5. The van der Waals surface area contributed by atoms with Crippen molar-refractivity contribution in [2.24, 2.45) is 0 Å². The number of benzene rings is 3. The summed E-state index contributed by atoms with van der Waals surface area (Å²) in [6, 6.07) is 19.0. The van der Waals surface area contributed by atoms with Crippen LogP contribution in [-0.4, -0.2) is 16.8 Å². The second-order valence-electron chi connectivity index (χ2n) is 8.01. The second-order valence-corrected chi connectivity index (χ2v) is 8.42. The van der Waals surface area contributed by atoms with E-state index in [-0.39, 0.29) is 22.0 Å². The average Bonchev–Trinajstić information content (AvgIpc) is 3.40. The maximum absolute atomic E-state index is 13.8. The van der Waals surface area contributed by atoms with Gasteiger partial charge in [0, 0.05) is 11.1 Å². The molecule has 1 aliphatic heterocycles. The largest absolute Gasteiger partial charge is 0.503 e. The van der Waals surface area contributed by atoms with Crippen molar-refractivity contribution in [1.82, 2.24) is 0 Å². The third-order valence-electron chi connectivity index (χ3n) is 5.99. The SMILES string of the molecule is CCc1ccc(C2C(C(=O)c3cc4ccccc4o3)=C(O)C(=O)N2c2ccc(F)c(Cl)c2)cc1. The molecule has 1 aliphatic rings. The fourth-order valence-corrected chi connectivity index (χ4v) is 4.39. The normalized spacial score (nSPS) is 16.0. The van der Waals surface area contributed by atoms with Gasteiger partial charge in [-0.25, -0.2) is 4.39 Å². The Kier molecular flexibility index (Phi) is 5.46. The minimum Gasteiger partial charge on any atom is -0.503 e. The molecule has 2 heterocycles. The number of anilines is 1. The fraction of sp³-hybridized carbons (Fsp3) is 0.111. The van der Waals surface area contributed by atoms with Crippen LogP contribution in [0.4, 0.5) is 10.1 Å². The number of carbonyl (C=O) groups is 2. The number of ketones is 1. The monoisotopic (exact) mass is 475 g/mol. The Bertz CT molecular complexity index is 1440. The van der Waals surface area contributed by atoms with Gasteiger partial charge in [0.25, 0.3) is 5.91 Å². The van der Waals surface area contributed by atoms with Crippen molar-refractivity contribution < 1.29 is 23.5 Å². The summed E-state index contributed by atoms with van der Waals surface area (Å²) in [6.07, 6.45) is 0.813. The van der Waals surface area contributed by atoms with Crippen molar-refractivity contribution >= 4 is 39.9 Å². The number of para-hydroxylation sites is 1. The van der Waals surface area contributed by atoms with Crippen LogP contribution >= 0.6 is 11.6 Å². The molecular weight excluding hydrogens is 457 g/mol. The lowest BCUT2D eigenvalue weighted by Gasteiger charge is -2.27. The lowest BCUT2D eigenvalue weighted by Crippen LogP contribution is -2.31. The summed E-state index contributed by atoms with van der Waals surface area (Å²) in [6.45, 7) is 2.02.